The van der Waals surface area contributed by atoms with Gasteiger partial charge in [0.1, 0.15) is 11.5 Å². The van der Waals surface area contributed by atoms with Gasteiger partial charge in [-0.1, -0.05) is 18.2 Å². The van der Waals surface area contributed by atoms with Crippen LogP contribution in [0.15, 0.2) is 52.0 Å². The number of hydrazone groups is 1. The first-order valence-corrected chi connectivity index (χ1v) is 6.87. The standard InChI is InChI=1S/C16H17N3O3/c1-12-7-8-14(22-12)11-17-19-16(21)10-9-15(20)18-13-5-3-2-4-6-13/h2-8,11H,9-10H2,1H3,(H,18,20)(H,19,21)/b17-11+. The minimum absolute atomic E-state index is 0.0627. The lowest BCUT2D eigenvalue weighted by molar-refractivity contribution is -0.124. The van der Waals surface area contributed by atoms with Crippen LogP contribution in [0.25, 0.3) is 0 Å². The lowest BCUT2D eigenvalue weighted by Crippen LogP contribution is -2.20. The highest BCUT2D eigenvalue weighted by Gasteiger charge is 2.06. The number of anilines is 1. The predicted octanol–water partition coefficient (Wildman–Crippen LogP) is 2.46. The first-order valence-electron chi connectivity index (χ1n) is 6.87. The van der Waals surface area contributed by atoms with E-state index in [0.717, 1.165) is 5.76 Å². The molecule has 1 aromatic heterocycles. The van der Waals surface area contributed by atoms with E-state index in [0.29, 0.717) is 11.4 Å². The van der Waals surface area contributed by atoms with Gasteiger partial charge in [-0.3, -0.25) is 9.59 Å². The Balaban J connectivity index is 1.69. The van der Waals surface area contributed by atoms with Crippen molar-refractivity contribution in [3.8, 4) is 0 Å². The minimum atomic E-state index is -0.331. The van der Waals surface area contributed by atoms with E-state index in [-0.39, 0.29) is 24.7 Å². The van der Waals surface area contributed by atoms with E-state index in [9.17, 15) is 9.59 Å². The molecule has 6 heteroatoms. The van der Waals surface area contributed by atoms with Crippen molar-refractivity contribution < 1.29 is 14.0 Å². The molecule has 2 N–H and O–H groups in total. The fraction of sp³-hybridized carbons (Fsp3) is 0.188. The zero-order valence-electron chi connectivity index (χ0n) is 12.2. The Hall–Kier alpha value is -2.89. The molecule has 114 valence electrons. The molecule has 0 fully saturated rings. The fourth-order valence-corrected chi connectivity index (χ4v) is 1.72. The van der Waals surface area contributed by atoms with Crippen LogP contribution < -0.4 is 10.7 Å². The van der Waals surface area contributed by atoms with Crippen molar-refractivity contribution in [2.75, 3.05) is 5.32 Å². The molecule has 1 aromatic carbocycles. The fourth-order valence-electron chi connectivity index (χ4n) is 1.72. The van der Waals surface area contributed by atoms with Crippen molar-refractivity contribution in [1.29, 1.82) is 0 Å². The summed E-state index contributed by atoms with van der Waals surface area (Å²) >= 11 is 0. The van der Waals surface area contributed by atoms with E-state index in [1.807, 2.05) is 25.1 Å². The Morgan fingerprint density at radius 3 is 2.50 bits per heavy atom. The number of aryl methyl sites for hydroxylation is 1. The normalized spacial score (nSPS) is 10.6. The van der Waals surface area contributed by atoms with Gasteiger partial charge in [0, 0.05) is 18.5 Å². The lowest BCUT2D eigenvalue weighted by Gasteiger charge is -2.04. The van der Waals surface area contributed by atoms with Crippen LogP contribution in [0.4, 0.5) is 5.69 Å². The Morgan fingerprint density at radius 1 is 1.09 bits per heavy atom. The number of furan rings is 1. The summed E-state index contributed by atoms with van der Waals surface area (Å²) in [5.74, 6) is 0.778. The van der Waals surface area contributed by atoms with Crippen molar-refractivity contribution in [2.45, 2.75) is 19.8 Å². The summed E-state index contributed by atoms with van der Waals surface area (Å²) in [5.41, 5.74) is 3.06. The largest absolute Gasteiger partial charge is 0.460 e. The molecular formula is C16H17N3O3. The number of nitrogens with zero attached hydrogens (tertiary/aromatic N) is 1. The summed E-state index contributed by atoms with van der Waals surface area (Å²) < 4.78 is 5.27. The van der Waals surface area contributed by atoms with Crippen LogP contribution in [0.3, 0.4) is 0 Å². The van der Waals surface area contributed by atoms with Crippen molar-refractivity contribution in [3.05, 3.63) is 54.0 Å². The zero-order valence-corrected chi connectivity index (χ0v) is 12.2. The van der Waals surface area contributed by atoms with Crippen LogP contribution in [0, 0.1) is 6.92 Å². The van der Waals surface area contributed by atoms with Crippen LogP contribution in [0.5, 0.6) is 0 Å². The second-order valence-corrected chi connectivity index (χ2v) is 4.66. The Bertz CT molecular complexity index is 662. The highest BCUT2D eigenvalue weighted by Crippen LogP contribution is 2.06. The van der Waals surface area contributed by atoms with E-state index in [2.05, 4.69) is 15.8 Å². The first-order chi connectivity index (χ1) is 10.6. The number of hydrogen-bond acceptors (Lipinski definition) is 4. The molecular weight excluding hydrogens is 282 g/mol. The number of carbonyl (C=O) groups excluding carboxylic acids is 2. The van der Waals surface area contributed by atoms with Gasteiger partial charge >= 0.3 is 0 Å². The quantitative estimate of drug-likeness (QED) is 0.635. The highest BCUT2D eigenvalue weighted by atomic mass is 16.3. The van der Waals surface area contributed by atoms with Crippen molar-refractivity contribution >= 4 is 23.7 Å². The van der Waals surface area contributed by atoms with Crippen molar-refractivity contribution in [3.63, 3.8) is 0 Å². The molecule has 0 unspecified atom stereocenters. The molecule has 0 saturated heterocycles. The number of rotatable bonds is 6. The summed E-state index contributed by atoms with van der Waals surface area (Å²) in [6, 6.07) is 12.6. The van der Waals surface area contributed by atoms with Crippen LogP contribution >= 0.6 is 0 Å². The summed E-state index contributed by atoms with van der Waals surface area (Å²) in [6.07, 6.45) is 1.57. The van der Waals surface area contributed by atoms with E-state index >= 15 is 0 Å². The molecule has 0 aliphatic carbocycles. The van der Waals surface area contributed by atoms with Crippen LogP contribution in [0.2, 0.25) is 0 Å². The summed E-state index contributed by atoms with van der Waals surface area (Å²) in [6.45, 7) is 1.82. The van der Waals surface area contributed by atoms with Crippen LogP contribution in [-0.2, 0) is 9.59 Å². The van der Waals surface area contributed by atoms with Crippen LogP contribution in [-0.4, -0.2) is 18.0 Å². The van der Waals surface area contributed by atoms with Gasteiger partial charge in [-0.15, -0.1) is 0 Å². The summed E-state index contributed by atoms with van der Waals surface area (Å²) in [7, 11) is 0. The maximum Gasteiger partial charge on any atom is 0.240 e. The molecule has 2 aromatic rings. The third-order valence-electron chi connectivity index (χ3n) is 2.78. The Kier molecular flexibility index (Phi) is 5.48. The van der Waals surface area contributed by atoms with Crippen molar-refractivity contribution in [1.82, 2.24) is 5.43 Å². The summed E-state index contributed by atoms with van der Waals surface area (Å²) in [5, 5.41) is 6.48. The second kappa shape index (κ2) is 7.78. The number of amides is 2. The molecule has 0 aliphatic heterocycles. The van der Waals surface area contributed by atoms with E-state index in [1.54, 1.807) is 24.3 Å². The topological polar surface area (TPSA) is 83.7 Å². The van der Waals surface area contributed by atoms with Crippen molar-refractivity contribution in [2.24, 2.45) is 5.10 Å². The molecule has 0 spiro atoms. The van der Waals surface area contributed by atoms with E-state index in [1.165, 1.54) is 6.21 Å². The lowest BCUT2D eigenvalue weighted by atomic mass is 10.2. The average molecular weight is 299 g/mol. The maximum atomic E-state index is 11.7. The molecule has 2 rings (SSSR count). The number of nitrogens with one attached hydrogen (secondary N) is 2. The molecule has 1 heterocycles. The number of para-hydroxylation sites is 1. The van der Waals surface area contributed by atoms with E-state index < -0.39 is 0 Å². The van der Waals surface area contributed by atoms with Gasteiger partial charge in [-0.25, -0.2) is 5.43 Å². The van der Waals surface area contributed by atoms with Gasteiger partial charge in [0.05, 0.1) is 6.21 Å². The molecule has 0 aliphatic rings. The molecule has 6 nitrogen and oxygen atoms in total. The third kappa shape index (κ3) is 5.24. The number of carbonyl (C=O) groups is 2. The minimum Gasteiger partial charge on any atom is -0.460 e. The van der Waals surface area contributed by atoms with Gasteiger partial charge in [0.2, 0.25) is 11.8 Å². The van der Waals surface area contributed by atoms with Gasteiger partial charge in [-0.2, -0.15) is 5.10 Å². The zero-order chi connectivity index (χ0) is 15.8. The Labute approximate surface area is 128 Å². The predicted molar refractivity (Wildman–Crippen MR) is 83.5 cm³/mol. The van der Waals surface area contributed by atoms with Gasteiger partial charge in [0.15, 0.2) is 0 Å². The van der Waals surface area contributed by atoms with Gasteiger partial charge in [0.25, 0.3) is 0 Å². The molecule has 0 bridgehead atoms. The van der Waals surface area contributed by atoms with Crippen LogP contribution in [0.1, 0.15) is 24.4 Å². The number of benzene rings is 1. The summed E-state index contributed by atoms with van der Waals surface area (Å²) in [4.78, 5) is 23.2. The molecule has 0 atom stereocenters. The maximum absolute atomic E-state index is 11.7. The average Bonchev–Trinajstić information content (AvgIpc) is 2.92. The smallest absolute Gasteiger partial charge is 0.240 e. The van der Waals surface area contributed by atoms with Gasteiger partial charge in [-0.05, 0) is 31.2 Å². The first kappa shape index (κ1) is 15.5. The molecule has 2 amide bonds. The highest BCUT2D eigenvalue weighted by molar-refractivity contribution is 5.93. The molecule has 0 radical (unpaired) electrons. The Morgan fingerprint density at radius 2 is 1.82 bits per heavy atom. The monoisotopic (exact) mass is 299 g/mol. The van der Waals surface area contributed by atoms with E-state index in [4.69, 9.17) is 4.42 Å². The third-order valence-corrected chi connectivity index (χ3v) is 2.78. The second-order valence-electron chi connectivity index (χ2n) is 4.66. The molecule has 0 saturated carbocycles. The van der Waals surface area contributed by atoms with Gasteiger partial charge < -0.3 is 9.73 Å². The number of hydrogen-bond donors (Lipinski definition) is 2. The SMILES string of the molecule is Cc1ccc(/C=N/NC(=O)CCC(=O)Nc2ccccc2)o1. The molecule has 22 heavy (non-hydrogen) atoms.